The molecule has 1 atom stereocenters. The summed E-state index contributed by atoms with van der Waals surface area (Å²) in [5.74, 6) is -0.0443. The van der Waals surface area contributed by atoms with Gasteiger partial charge >= 0.3 is 0 Å². The van der Waals surface area contributed by atoms with Crippen LogP contribution in [0, 0.1) is 0 Å². The molecule has 0 saturated carbocycles. The average Bonchev–Trinajstić information content (AvgIpc) is 2.87. The van der Waals surface area contributed by atoms with Crippen molar-refractivity contribution < 1.29 is 9.59 Å². The van der Waals surface area contributed by atoms with Crippen LogP contribution in [-0.2, 0) is 9.59 Å². The molecule has 0 N–H and O–H groups in total. The second-order valence-corrected chi connectivity index (χ2v) is 6.80. The van der Waals surface area contributed by atoms with Gasteiger partial charge in [0.15, 0.2) is 0 Å². The fourth-order valence-electron chi connectivity index (χ4n) is 3.18. The van der Waals surface area contributed by atoms with Crippen molar-refractivity contribution in [3.63, 3.8) is 0 Å². The number of imide groups is 1. The molecular weight excluding hydrogens is 286 g/mol. The second kappa shape index (κ2) is 12.3. The zero-order chi connectivity index (χ0) is 16.9. The van der Waals surface area contributed by atoms with E-state index in [4.69, 9.17) is 0 Å². The highest BCUT2D eigenvalue weighted by Crippen LogP contribution is 2.16. The number of rotatable bonds is 13. The summed E-state index contributed by atoms with van der Waals surface area (Å²) in [6, 6.07) is -0.0828. The Kier molecular flexibility index (Phi) is 10.7. The molecule has 132 valence electrons. The standard InChI is InChI=1S/C20H35NO2/c1-3-4-5-6-7-8-9-10-11-12-13-14-15-18(2)21-19(22)16-17-20(21)23/h14-15,18H,3-13,16-17H2,1-2H3. The average molecular weight is 322 g/mol. The number of hydrogen-bond acceptors (Lipinski definition) is 2. The Morgan fingerprint density at radius 1 is 0.870 bits per heavy atom. The summed E-state index contributed by atoms with van der Waals surface area (Å²) in [4.78, 5) is 24.6. The van der Waals surface area contributed by atoms with E-state index in [1.807, 2.05) is 13.0 Å². The molecule has 0 aromatic rings. The fraction of sp³-hybridized carbons (Fsp3) is 0.800. The van der Waals surface area contributed by atoms with Crippen molar-refractivity contribution in [2.24, 2.45) is 0 Å². The molecule has 0 spiro atoms. The molecule has 23 heavy (non-hydrogen) atoms. The summed E-state index contributed by atoms with van der Waals surface area (Å²) in [5, 5.41) is 0. The Balaban J connectivity index is 1.96. The van der Waals surface area contributed by atoms with Crippen molar-refractivity contribution >= 4 is 11.8 Å². The number of hydrogen-bond donors (Lipinski definition) is 0. The first-order valence-corrected chi connectivity index (χ1v) is 9.68. The largest absolute Gasteiger partial charge is 0.276 e. The number of carbonyl (C=O) groups excluding carboxylic acids is 2. The van der Waals surface area contributed by atoms with Gasteiger partial charge in [0, 0.05) is 12.8 Å². The number of unbranched alkanes of at least 4 members (excludes halogenated alkanes) is 10. The quantitative estimate of drug-likeness (QED) is 0.259. The number of allylic oxidation sites excluding steroid dienone is 1. The zero-order valence-corrected chi connectivity index (χ0v) is 15.2. The van der Waals surface area contributed by atoms with Gasteiger partial charge in [0.2, 0.25) is 11.8 Å². The Labute approximate surface area is 142 Å². The van der Waals surface area contributed by atoms with Crippen LogP contribution < -0.4 is 0 Å². The van der Waals surface area contributed by atoms with E-state index in [-0.39, 0.29) is 17.9 Å². The highest BCUT2D eigenvalue weighted by Gasteiger charge is 2.31. The topological polar surface area (TPSA) is 37.4 Å². The van der Waals surface area contributed by atoms with E-state index in [9.17, 15) is 9.59 Å². The van der Waals surface area contributed by atoms with Gasteiger partial charge in [0.05, 0.1) is 6.04 Å². The molecule has 1 rings (SSSR count). The first-order chi connectivity index (χ1) is 11.2. The van der Waals surface area contributed by atoms with Gasteiger partial charge in [-0.3, -0.25) is 14.5 Å². The molecule has 0 aromatic heterocycles. The maximum atomic E-state index is 11.6. The molecule has 1 aliphatic rings. The van der Waals surface area contributed by atoms with Crippen LogP contribution in [0.15, 0.2) is 12.2 Å². The first kappa shape index (κ1) is 19.9. The second-order valence-electron chi connectivity index (χ2n) is 6.80. The van der Waals surface area contributed by atoms with E-state index in [0.29, 0.717) is 12.8 Å². The third-order valence-electron chi connectivity index (χ3n) is 4.64. The van der Waals surface area contributed by atoms with Crippen LogP contribution in [0.4, 0.5) is 0 Å². The molecule has 1 fully saturated rings. The maximum Gasteiger partial charge on any atom is 0.230 e. The molecule has 3 nitrogen and oxygen atoms in total. The van der Waals surface area contributed by atoms with Crippen LogP contribution in [0.25, 0.3) is 0 Å². The SMILES string of the molecule is CCCCCCCCCCCCC=CC(C)N1C(=O)CCC1=O. The van der Waals surface area contributed by atoms with Crippen LogP contribution in [0.2, 0.25) is 0 Å². The predicted octanol–water partition coefficient (Wildman–Crippen LogP) is 5.39. The molecule has 0 aromatic carbocycles. The zero-order valence-electron chi connectivity index (χ0n) is 15.2. The van der Waals surface area contributed by atoms with E-state index in [1.165, 1.54) is 69.1 Å². The van der Waals surface area contributed by atoms with Gasteiger partial charge < -0.3 is 0 Å². The Bertz CT molecular complexity index is 360. The number of carbonyl (C=O) groups is 2. The van der Waals surface area contributed by atoms with E-state index in [1.54, 1.807) is 0 Å². The summed E-state index contributed by atoms with van der Waals surface area (Å²) in [6.07, 6.45) is 19.5. The van der Waals surface area contributed by atoms with Gasteiger partial charge in [0.1, 0.15) is 0 Å². The summed E-state index contributed by atoms with van der Waals surface area (Å²) in [6.45, 7) is 4.19. The van der Waals surface area contributed by atoms with Crippen molar-refractivity contribution in [1.29, 1.82) is 0 Å². The first-order valence-electron chi connectivity index (χ1n) is 9.68. The summed E-state index contributed by atoms with van der Waals surface area (Å²) in [5.41, 5.74) is 0. The van der Waals surface area contributed by atoms with E-state index < -0.39 is 0 Å². The minimum Gasteiger partial charge on any atom is -0.276 e. The van der Waals surface area contributed by atoms with Gasteiger partial charge in [-0.25, -0.2) is 0 Å². The van der Waals surface area contributed by atoms with E-state index >= 15 is 0 Å². The van der Waals surface area contributed by atoms with Crippen LogP contribution in [0.3, 0.4) is 0 Å². The van der Waals surface area contributed by atoms with Crippen molar-refractivity contribution in [2.75, 3.05) is 0 Å². The van der Waals surface area contributed by atoms with Crippen LogP contribution in [0.1, 0.15) is 97.3 Å². The van der Waals surface area contributed by atoms with Crippen LogP contribution >= 0.6 is 0 Å². The molecule has 0 radical (unpaired) electrons. The minimum absolute atomic E-state index is 0.0221. The lowest BCUT2D eigenvalue weighted by atomic mass is 10.1. The van der Waals surface area contributed by atoms with Gasteiger partial charge in [0.25, 0.3) is 0 Å². The van der Waals surface area contributed by atoms with Gasteiger partial charge in [-0.05, 0) is 19.8 Å². The molecule has 0 aliphatic carbocycles. The highest BCUT2D eigenvalue weighted by molar-refractivity contribution is 6.02. The van der Waals surface area contributed by atoms with E-state index in [0.717, 1.165) is 6.42 Å². The molecule has 2 amide bonds. The minimum atomic E-state index is -0.0828. The molecule has 1 saturated heterocycles. The highest BCUT2D eigenvalue weighted by atomic mass is 16.2. The molecular formula is C20H35NO2. The van der Waals surface area contributed by atoms with Gasteiger partial charge in [-0.2, -0.15) is 0 Å². The van der Waals surface area contributed by atoms with Crippen molar-refractivity contribution in [3.05, 3.63) is 12.2 Å². The fourth-order valence-corrected chi connectivity index (χ4v) is 3.18. The number of nitrogens with zero attached hydrogens (tertiary/aromatic N) is 1. The molecule has 3 heteroatoms. The smallest absolute Gasteiger partial charge is 0.230 e. The Morgan fingerprint density at radius 2 is 1.35 bits per heavy atom. The maximum absolute atomic E-state index is 11.6. The molecule has 1 heterocycles. The van der Waals surface area contributed by atoms with Crippen molar-refractivity contribution in [1.82, 2.24) is 4.90 Å². The normalized spacial score (nSPS) is 16.7. The summed E-state index contributed by atoms with van der Waals surface area (Å²) < 4.78 is 0. The number of likely N-dealkylation sites (tertiary alicyclic amines) is 1. The lowest BCUT2D eigenvalue weighted by Crippen LogP contribution is -2.36. The Morgan fingerprint density at radius 3 is 1.87 bits per heavy atom. The monoisotopic (exact) mass is 321 g/mol. The predicted molar refractivity (Wildman–Crippen MR) is 96.2 cm³/mol. The van der Waals surface area contributed by atoms with Gasteiger partial charge in [-0.1, -0.05) is 76.9 Å². The lowest BCUT2D eigenvalue weighted by Gasteiger charge is -2.19. The lowest BCUT2D eigenvalue weighted by molar-refractivity contribution is -0.139. The van der Waals surface area contributed by atoms with Crippen LogP contribution in [0.5, 0.6) is 0 Å². The third kappa shape index (κ3) is 8.34. The summed E-state index contributed by atoms with van der Waals surface area (Å²) >= 11 is 0. The number of amides is 2. The van der Waals surface area contributed by atoms with Crippen molar-refractivity contribution in [2.45, 2.75) is 103 Å². The van der Waals surface area contributed by atoms with Crippen LogP contribution in [-0.4, -0.2) is 22.8 Å². The molecule has 1 unspecified atom stereocenters. The van der Waals surface area contributed by atoms with E-state index in [2.05, 4.69) is 13.0 Å². The summed E-state index contributed by atoms with van der Waals surface area (Å²) in [7, 11) is 0. The third-order valence-corrected chi connectivity index (χ3v) is 4.64. The Hall–Kier alpha value is -1.12. The van der Waals surface area contributed by atoms with Gasteiger partial charge in [-0.15, -0.1) is 0 Å². The molecule has 1 aliphatic heterocycles. The van der Waals surface area contributed by atoms with Crippen molar-refractivity contribution in [3.8, 4) is 0 Å². The molecule has 0 bridgehead atoms.